The molecule has 3 aromatic rings. The fourth-order valence-corrected chi connectivity index (χ4v) is 3.73. The summed E-state index contributed by atoms with van der Waals surface area (Å²) in [5.74, 6) is 0.483. The summed E-state index contributed by atoms with van der Waals surface area (Å²) in [6.07, 6.45) is 0. The minimum Gasteiger partial charge on any atom is -0.486 e. The molecule has 0 unspecified atom stereocenters. The molecule has 3 rings (SSSR count). The summed E-state index contributed by atoms with van der Waals surface area (Å²) < 4.78 is 7.69. The zero-order valence-electron chi connectivity index (χ0n) is 13.9. The van der Waals surface area contributed by atoms with Crippen LogP contribution < -0.4 is 10.1 Å². The highest BCUT2D eigenvalue weighted by atomic mass is 79.9. The maximum atomic E-state index is 6.38. The van der Waals surface area contributed by atoms with Crippen LogP contribution in [-0.2, 0) is 13.2 Å². The van der Waals surface area contributed by atoms with Gasteiger partial charge in [0.2, 0.25) is 0 Å². The quantitative estimate of drug-likeness (QED) is 0.333. The normalized spacial score (nSPS) is 10.7. The lowest BCUT2D eigenvalue weighted by Gasteiger charge is -2.13. The highest BCUT2D eigenvalue weighted by Crippen LogP contribution is 2.35. The van der Waals surface area contributed by atoms with Crippen LogP contribution in [0.25, 0.3) is 0 Å². The Hall–Kier alpha value is -0.910. The number of halogens is 5. The van der Waals surface area contributed by atoms with Gasteiger partial charge in [-0.05, 0) is 69.5 Å². The molecule has 2 nitrogen and oxygen atoms in total. The van der Waals surface area contributed by atoms with Gasteiger partial charge in [0, 0.05) is 21.2 Å². The first-order chi connectivity index (χ1) is 12.9. The maximum Gasteiger partial charge on any atom is 0.156 e. The van der Waals surface area contributed by atoms with E-state index in [1.165, 1.54) is 0 Å². The summed E-state index contributed by atoms with van der Waals surface area (Å²) in [4.78, 5) is 0. The average molecular weight is 551 g/mol. The molecule has 140 valence electrons. The second-order valence-electron chi connectivity index (χ2n) is 5.79. The first-order valence-electron chi connectivity index (χ1n) is 7.96. The highest BCUT2D eigenvalue weighted by Gasteiger charge is 2.10. The third-order valence-corrected chi connectivity index (χ3v) is 6.09. The van der Waals surface area contributed by atoms with Crippen LogP contribution in [-0.4, -0.2) is 0 Å². The fraction of sp³-hybridized carbons (Fsp3) is 0.100. The van der Waals surface area contributed by atoms with Crippen molar-refractivity contribution in [2.75, 3.05) is 5.32 Å². The van der Waals surface area contributed by atoms with Gasteiger partial charge in [0.15, 0.2) is 5.75 Å². The molecule has 0 radical (unpaired) electrons. The van der Waals surface area contributed by atoms with Gasteiger partial charge in [-0.3, -0.25) is 0 Å². The summed E-state index contributed by atoms with van der Waals surface area (Å²) in [7, 11) is 0. The van der Waals surface area contributed by atoms with E-state index < -0.39 is 0 Å². The van der Waals surface area contributed by atoms with Crippen molar-refractivity contribution in [2.45, 2.75) is 13.2 Å². The molecule has 0 aliphatic heterocycles. The summed E-state index contributed by atoms with van der Waals surface area (Å²) in [5, 5.41) is 4.90. The molecule has 0 spiro atoms. The molecule has 0 aliphatic rings. The zero-order chi connectivity index (χ0) is 19.4. The van der Waals surface area contributed by atoms with Crippen LogP contribution in [0.15, 0.2) is 63.5 Å². The van der Waals surface area contributed by atoms with E-state index in [2.05, 4.69) is 37.2 Å². The van der Waals surface area contributed by atoms with Gasteiger partial charge in [-0.15, -0.1) is 0 Å². The van der Waals surface area contributed by atoms with Crippen molar-refractivity contribution in [3.63, 3.8) is 0 Å². The smallest absolute Gasteiger partial charge is 0.156 e. The molecule has 0 saturated carbocycles. The lowest BCUT2D eigenvalue weighted by atomic mass is 10.2. The summed E-state index contributed by atoms with van der Waals surface area (Å²) in [5.41, 5.74) is 2.88. The minimum atomic E-state index is 0.391. The van der Waals surface area contributed by atoms with E-state index in [0.29, 0.717) is 34.0 Å². The van der Waals surface area contributed by atoms with Crippen LogP contribution in [0.4, 0.5) is 5.69 Å². The second-order valence-corrected chi connectivity index (χ2v) is 8.78. The lowest BCUT2D eigenvalue weighted by molar-refractivity contribution is 0.306. The Morgan fingerprint density at radius 1 is 0.778 bits per heavy atom. The van der Waals surface area contributed by atoms with E-state index in [1.807, 2.05) is 54.6 Å². The monoisotopic (exact) mass is 547 g/mol. The molecule has 7 heteroatoms. The maximum absolute atomic E-state index is 6.38. The van der Waals surface area contributed by atoms with E-state index >= 15 is 0 Å². The van der Waals surface area contributed by atoms with Gasteiger partial charge in [0.25, 0.3) is 0 Å². The predicted octanol–water partition coefficient (Wildman–Crippen LogP) is 8.36. The third kappa shape index (κ3) is 5.78. The SMILES string of the molecule is Clc1cc(NCc2cc(Cl)c(OCc3ccc(Br)cc3)c(Cl)c2)ccc1Br. The number of hydrogen-bond acceptors (Lipinski definition) is 2. The predicted molar refractivity (Wildman–Crippen MR) is 121 cm³/mol. The molecule has 27 heavy (non-hydrogen) atoms. The summed E-state index contributed by atoms with van der Waals surface area (Å²) in [6.45, 7) is 0.950. The zero-order valence-corrected chi connectivity index (χ0v) is 19.3. The second kappa shape index (κ2) is 9.53. The minimum absolute atomic E-state index is 0.391. The molecule has 1 N–H and O–H groups in total. The Labute approximate surface area is 190 Å². The van der Waals surface area contributed by atoms with Crippen LogP contribution in [0.2, 0.25) is 15.1 Å². The average Bonchev–Trinajstić information content (AvgIpc) is 2.63. The Morgan fingerprint density at radius 2 is 1.44 bits per heavy atom. The largest absolute Gasteiger partial charge is 0.486 e. The van der Waals surface area contributed by atoms with Gasteiger partial charge in [-0.25, -0.2) is 0 Å². The van der Waals surface area contributed by atoms with Crippen LogP contribution >= 0.6 is 66.7 Å². The van der Waals surface area contributed by atoms with Crippen molar-refractivity contribution in [3.8, 4) is 5.75 Å². The number of ether oxygens (including phenoxy) is 1. The van der Waals surface area contributed by atoms with Crippen molar-refractivity contribution in [1.29, 1.82) is 0 Å². The summed E-state index contributed by atoms with van der Waals surface area (Å²) >= 11 is 25.7. The van der Waals surface area contributed by atoms with E-state index in [-0.39, 0.29) is 0 Å². The molecule has 0 saturated heterocycles. The Kier molecular flexibility index (Phi) is 7.35. The number of benzene rings is 3. The van der Waals surface area contributed by atoms with Crippen LogP contribution in [0.5, 0.6) is 5.75 Å². The van der Waals surface area contributed by atoms with Gasteiger partial charge >= 0.3 is 0 Å². The molecule has 3 aromatic carbocycles. The molecule has 0 atom stereocenters. The van der Waals surface area contributed by atoms with Gasteiger partial charge in [0.1, 0.15) is 6.61 Å². The van der Waals surface area contributed by atoms with E-state index in [4.69, 9.17) is 39.5 Å². The Balaban J connectivity index is 1.66. The van der Waals surface area contributed by atoms with Crippen LogP contribution in [0, 0.1) is 0 Å². The molecular weight excluding hydrogens is 536 g/mol. The summed E-state index contributed by atoms with van der Waals surface area (Å²) in [6, 6.07) is 17.3. The number of hydrogen-bond donors (Lipinski definition) is 1. The van der Waals surface area contributed by atoms with Crippen molar-refractivity contribution in [1.82, 2.24) is 0 Å². The molecule has 0 aromatic heterocycles. The molecule has 0 amide bonds. The highest BCUT2D eigenvalue weighted by molar-refractivity contribution is 9.10. The molecule has 0 fully saturated rings. The Bertz CT molecular complexity index is 925. The number of nitrogens with one attached hydrogen (secondary N) is 1. The van der Waals surface area contributed by atoms with Crippen molar-refractivity contribution < 1.29 is 4.74 Å². The lowest BCUT2D eigenvalue weighted by Crippen LogP contribution is -2.01. The molecule has 0 heterocycles. The van der Waals surface area contributed by atoms with Gasteiger partial charge in [0.05, 0.1) is 15.1 Å². The topological polar surface area (TPSA) is 21.3 Å². The van der Waals surface area contributed by atoms with Crippen molar-refractivity contribution in [3.05, 3.63) is 89.7 Å². The van der Waals surface area contributed by atoms with Crippen LogP contribution in [0.1, 0.15) is 11.1 Å². The number of rotatable bonds is 6. The molecular formula is C20H14Br2Cl3NO. The van der Waals surface area contributed by atoms with Crippen LogP contribution in [0.3, 0.4) is 0 Å². The Morgan fingerprint density at radius 3 is 2.07 bits per heavy atom. The van der Waals surface area contributed by atoms with E-state index in [1.54, 1.807) is 0 Å². The third-order valence-electron chi connectivity index (χ3n) is 3.77. The standard InChI is InChI=1S/C20H14Br2Cl3NO/c21-14-3-1-12(2-4-14)11-27-20-18(24)7-13(8-19(20)25)10-26-15-5-6-16(22)17(23)9-15/h1-9,26H,10-11H2. The first kappa shape index (κ1) is 20.8. The molecule has 0 bridgehead atoms. The van der Waals surface area contributed by atoms with Crippen molar-refractivity contribution in [2.24, 2.45) is 0 Å². The van der Waals surface area contributed by atoms with E-state index in [0.717, 1.165) is 25.8 Å². The molecule has 0 aliphatic carbocycles. The number of anilines is 1. The van der Waals surface area contributed by atoms with Gasteiger partial charge in [-0.2, -0.15) is 0 Å². The fourth-order valence-electron chi connectivity index (χ4n) is 2.40. The van der Waals surface area contributed by atoms with Crippen molar-refractivity contribution >= 4 is 72.4 Å². The first-order valence-corrected chi connectivity index (χ1v) is 10.7. The van der Waals surface area contributed by atoms with E-state index in [9.17, 15) is 0 Å². The van der Waals surface area contributed by atoms with Gasteiger partial charge in [-0.1, -0.05) is 62.9 Å². The van der Waals surface area contributed by atoms with Gasteiger partial charge < -0.3 is 10.1 Å².